The first-order valence-electron chi connectivity index (χ1n) is 5.35. The van der Waals surface area contributed by atoms with Crippen LogP contribution >= 0.6 is 11.6 Å². The van der Waals surface area contributed by atoms with Crippen molar-refractivity contribution in [3.8, 4) is 0 Å². The van der Waals surface area contributed by atoms with Gasteiger partial charge in [0.2, 0.25) is 0 Å². The quantitative estimate of drug-likeness (QED) is 0.801. The first kappa shape index (κ1) is 11.9. The molecule has 2 aromatic carbocycles. The Morgan fingerprint density at radius 1 is 1.18 bits per heavy atom. The predicted octanol–water partition coefficient (Wildman–Crippen LogP) is 3.96. The van der Waals surface area contributed by atoms with Crippen LogP contribution in [0.15, 0.2) is 36.4 Å². The third-order valence-corrected chi connectivity index (χ3v) is 3.08. The van der Waals surface area contributed by atoms with Crippen LogP contribution in [0.2, 0.25) is 5.02 Å². The van der Waals surface area contributed by atoms with E-state index in [9.17, 15) is 4.39 Å². The van der Waals surface area contributed by atoms with E-state index in [1.54, 1.807) is 0 Å². The van der Waals surface area contributed by atoms with E-state index in [2.05, 4.69) is 0 Å². The van der Waals surface area contributed by atoms with Crippen LogP contribution in [0.1, 0.15) is 16.7 Å². The van der Waals surface area contributed by atoms with Crippen LogP contribution in [-0.2, 0) is 6.42 Å². The summed E-state index contributed by atoms with van der Waals surface area (Å²) in [5.74, 6) is -0.294. The van der Waals surface area contributed by atoms with Crippen LogP contribution < -0.4 is 5.73 Å². The third kappa shape index (κ3) is 2.77. The summed E-state index contributed by atoms with van der Waals surface area (Å²) in [6, 6.07) is 10.4. The molecule has 0 unspecified atom stereocenters. The lowest BCUT2D eigenvalue weighted by Gasteiger charge is -2.09. The number of hydrogen-bond acceptors (Lipinski definition) is 1. The number of halogens is 2. The second-order valence-corrected chi connectivity index (χ2v) is 4.52. The molecule has 88 valence electrons. The van der Waals surface area contributed by atoms with Crippen molar-refractivity contribution in [2.75, 3.05) is 5.73 Å². The summed E-state index contributed by atoms with van der Waals surface area (Å²) in [7, 11) is 0. The molecule has 0 aromatic heterocycles. The molecule has 0 bridgehead atoms. The highest BCUT2D eigenvalue weighted by molar-refractivity contribution is 6.30. The summed E-state index contributed by atoms with van der Waals surface area (Å²) in [5, 5.41) is 0.698. The zero-order valence-corrected chi connectivity index (χ0v) is 10.3. The molecule has 0 saturated carbocycles. The SMILES string of the molecule is Cc1c(N)cc(F)cc1Cc1ccc(Cl)cc1. The number of nitrogen functional groups attached to an aromatic ring is 1. The van der Waals surface area contributed by atoms with Crippen LogP contribution in [0, 0.1) is 12.7 Å². The monoisotopic (exact) mass is 249 g/mol. The van der Waals surface area contributed by atoms with Crippen molar-refractivity contribution in [2.45, 2.75) is 13.3 Å². The summed E-state index contributed by atoms with van der Waals surface area (Å²) in [6.07, 6.45) is 0.658. The van der Waals surface area contributed by atoms with Gasteiger partial charge < -0.3 is 5.73 Å². The molecule has 17 heavy (non-hydrogen) atoms. The molecule has 0 spiro atoms. The number of nitrogens with two attached hydrogens (primary N) is 1. The summed E-state index contributed by atoms with van der Waals surface area (Å²) in [6.45, 7) is 1.90. The molecular weight excluding hydrogens is 237 g/mol. The Kier molecular flexibility index (Phi) is 3.34. The Bertz CT molecular complexity index is 535. The minimum atomic E-state index is -0.294. The number of hydrogen-bond donors (Lipinski definition) is 1. The van der Waals surface area contributed by atoms with Crippen molar-refractivity contribution in [3.05, 3.63) is 63.9 Å². The molecular formula is C14H13ClFN. The molecule has 0 amide bonds. The smallest absolute Gasteiger partial charge is 0.125 e. The van der Waals surface area contributed by atoms with Crippen LogP contribution in [0.25, 0.3) is 0 Å². The molecule has 0 fully saturated rings. The standard InChI is InChI=1S/C14H13ClFN/c1-9-11(7-13(16)8-14(9)17)6-10-2-4-12(15)5-3-10/h2-5,7-8H,6,17H2,1H3. The van der Waals surface area contributed by atoms with Gasteiger partial charge in [0.25, 0.3) is 0 Å². The average molecular weight is 250 g/mol. The van der Waals surface area contributed by atoms with E-state index in [1.165, 1.54) is 12.1 Å². The minimum absolute atomic E-state index is 0.294. The lowest BCUT2D eigenvalue weighted by atomic mass is 9.99. The van der Waals surface area contributed by atoms with Gasteiger partial charge in [0, 0.05) is 10.7 Å². The molecule has 0 atom stereocenters. The average Bonchev–Trinajstić information content (AvgIpc) is 2.28. The zero-order valence-electron chi connectivity index (χ0n) is 9.50. The molecule has 0 radical (unpaired) electrons. The van der Waals surface area contributed by atoms with Gasteiger partial charge in [0.15, 0.2) is 0 Å². The maximum Gasteiger partial charge on any atom is 0.125 e. The fraction of sp³-hybridized carbons (Fsp3) is 0.143. The van der Waals surface area contributed by atoms with Crippen molar-refractivity contribution in [1.82, 2.24) is 0 Å². The molecule has 0 aliphatic carbocycles. The van der Waals surface area contributed by atoms with E-state index in [0.29, 0.717) is 17.1 Å². The summed E-state index contributed by atoms with van der Waals surface area (Å²) in [5.41, 5.74) is 9.16. The van der Waals surface area contributed by atoms with Crippen LogP contribution in [-0.4, -0.2) is 0 Å². The van der Waals surface area contributed by atoms with E-state index in [1.807, 2.05) is 31.2 Å². The normalized spacial score (nSPS) is 10.5. The second kappa shape index (κ2) is 4.76. The second-order valence-electron chi connectivity index (χ2n) is 4.08. The van der Waals surface area contributed by atoms with E-state index < -0.39 is 0 Å². The molecule has 2 rings (SSSR count). The van der Waals surface area contributed by atoms with Gasteiger partial charge in [-0.25, -0.2) is 4.39 Å². The highest BCUT2D eigenvalue weighted by Gasteiger charge is 2.06. The lowest BCUT2D eigenvalue weighted by Crippen LogP contribution is -1.98. The first-order chi connectivity index (χ1) is 8.06. The maximum absolute atomic E-state index is 13.3. The number of rotatable bonds is 2. The van der Waals surface area contributed by atoms with E-state index in [-0.39, 0.29) is 5.82 Å². The summed E-state index contributed by atoms with van der Waals surface area (Å²) < 4.78 is 13.3. The highest BCUT2D eigenvalue weighted by atomic mass is 35.5. The molecule has 0 heterocycles. The Labute approximate surface area is 105 Å². The van der Waals surface area contributed by atoms with E-state index in [0.717, 1.165) is 16.7 Å². The van der Waals surface area contributed by atoms with Crippen molar-refractivity contribution < 1.29 is 4.39 Å². The first-order valence-corrected chi connectivity index (χ1v) is 5.73. The van der Waals surface area contributed by atoms with Gasteiger partial charge in [0.05, 0.1) is 0 Å². The number of benzene rings is 2. The highest BCUT2D eigenvalue weighted by Crippen LogP contribution is 2.21. The minimum Gasteiger partial charge on any atom is -0.398 e. The van der Waals surface area contributed by atoms with Gasteiger partial charge in [-0.2, -0.15) is 0 Å². The topological polar surface area (TPSA) is 26.0 Å². The molecule has 3 heteroatoms. The van der Waals surface area contributed by atoms with Crippen molar-refractivity contribution >= 4 is 17.3 Å². The maximum atomic E-state index is 13.3. The molecule has 1 nitrogen and oxygen atoms in total. The summed E-state index contributed by atoms with van der Waals surface area (Å²) >= 11 is 5.82. The molecule has 2 aromatic rings. The Morgan fingerprint density at radius 3 is 2.47 bits per heavy atom. The van der Waals surface area contributed by atoms with Crippen LogP contribution in [0.5, 0.6) is 0 Å². The Balaban J connectivity index is 2.32. The molecule has 0 saturated heterocycles. The van der Waals surface area contributed by atoms with Crippen LogP contribution in [0.3, 0.4) is 0 Å². The molecule has 2 N–H and O–H groups in total. The van der Waals surface area contributed by atoms with Gasteiger partial charge in [-0.15, -0.1) is 0 Å². The van der Waals surface area contributed by atoms with Gasteiger partial charge in [0.1, 0.15) is 5.82 Å². The summed E-state index contributed by atoms with van der Waals surface area (Å²) in [4.78, 5) is 0. The zero-order chi connectivity index (χ0) is 12.4. The number of anilines is 1. The van der Waals surface area contributed by atoms with E-state index in [4.69, 9.17) is 17.3 Å². The van der Waals surface area contributed by atoms with Gasteiger partial charge in [-0.3, -0.25) is 0 Å². The molecule has 0 aliphatic rings. The Hall–Kier alpha value is -1.54. The van der Waals surface area contributed by atoms with E-state index >= 15 is 0 Å². The fourth-order valence-electron chi connectivity index (χ4n) is 1.76. The van der Waals surface area contributed by atoms with Crippen molar-refractivity contribution in [1.29, 1.82) is 0 Å². The lowest BCUT2D eigenvalue weighted by molar-refractivity contribution is 0.626. The fourth-order valence-corrected chi connectivity index (χ4v) is 1.89. The van der Waals surface area contributed by atoms with Crippen molar-refractivity contribution in [2.24, 2.45) is 0 Å². The third-order valence-electron chi connectivity index (χ3n) is 2.83. The largest absolute Gasteiger partial charge is 0.398 e. The Morgan fingerprint density at radius 2 is 1.82 bits per heavy atom. The van der Waals surface area contributed by atoms with Gasteiger partial charge >= 0.3 is 0 Å². The van der Waals surface area contributed by atoms with Gasteiger partial charge in [-0.05, 0) is 54.3 Å². The predicted molar refractivity (Wildman–Crippen MR) is 69.8 cm³/mol. The van der Waals surface area contributed by atoms with Crippen molar-refractivity contribution in [3.63, 3.8) is 0 Å². The molecule has 0 aliphatic heterocycles. The van der Waals surface area contributed by atoms with Crippen LogP contribution in [0.4, 0.5) is 10.1 Å². The van der Waals surface area contributed by atoms with Gasteiger partial charge in [-0.1, -0.05) is 23.7 Å².